The smallest absolute Gasteiger partial charge is 0.279 e. The molecule has 5 nitrogen and oxygen atoms in total. The maximum Gasteiger partial charge on any atom is 0.279 e. The monoisotopic (exact) mass is 315 g/mol. The fourth-order valence-electron chi connectivity index (χ4n) is 2.76. The largest absolute Gasteiger partial charge is 0.312 e. The van der Waals surface area contributed by atoms with Gasteiger partial charge in [-0.15, -0.1) is 0 Å². The van der Waals surface area contributed by atoms with Gasteiger partial charge >= 0.3 is 0 Å². The van der Waals surface area contributed by atoms with Crippen LogP contribution < -0.4 is 10.9 Å². The fraction of sp³-hybridized carbons (Fsp3) is 0.312. The number of thioether (sulfide) groups is 1. The van der Waals surface area contributed by atoms with Crippen LogP contribution in [-0.2, 0) is 11.8 Å². The molecule has 2 heterocycles. The van der Waals surface area contributed by atoms with Gasteiger partial charge in [-0.3, -0.25) is 9.59 Å². The van der Waals surface area contributed by atoms with Crippen molar-refractivity contribution in [2.75, 3.05) is 11.1 Å². The summed E-state index contributed by atoms with van der Waals surface area (Å²) >= 11 is 1.49. The molecule has 0 saturated carbocycles. The summed E-state index contributed by atoms with van der Waals surface area (Å²) in [5.41, 5.74) is 1.29. The van der Waals surface area contributed by atoms with E-state index in [1.807, 2.05) is 44.3 Å². The first-order valence-electron chi connectivity index (χ1n) is 7.20. The normalized spacial score (nSPS) is 17.0. The molecule has 1 aliphatic heterocycles. The maximum atomic E-state index is 12.5. The third-order valence-corrected chi connectivity index (χ3v) is 4.69. The summed E-state index contributed by atoms with van der Waals surface area (Å²) in [7, 11) is 1.83. The molecule has 0 saturated heterocycles. The van der Waals surface area contributed by atoms with Gasteiger partial charge in [0.05, 0.1) is 5.56 Å². The van der Waals surface area contributed by atoms with E-state index in [0.717, 1.165) is 11.3 Å². The molecule has 0 bridgehead atoms. The van der Waals surface area contributed by atoms with Crippen LogP contribution in [0.5, 0.6) is 0 Å². The molecule has 0 spiro atoms. The first-order chi connectivity index (χ1) is 10.6. The molecule has 6 heteroatoms. The molecule has 1 amide bonds. The van der Waals surface area contributed by atoms with Crippen molar-refractivity contribution in [1.82, 2.24) is 9.55 Å². The van der Waals surface area contributed by atoms with Crippen LogP contribution in [0.25, 0.3) is 0 Å². The zero-order valence-corrected chi connectivity index (χ0v) is 13.3. The molecule has 114 valence electrons. The zero-order chi connectivity index (χ0) is 15.7. The molecule has 0 radical (unpaired) electrons. The van der Waals surface area contributed by atoms with Crippen molar-refractivity contribution in [2.45, 2.75) is 24.4 Å². The molecule has 1 atom stereocenters. The van der Waals surface area contributed by atoms with Gasteiger partial charge in [0.25, 0.3) is 5.56 Å². The zero-order valence-electron chi connectivity index (χ0n) is 12.5. The van der Waals surface area contributed by atoms with Crippen molar-refractivity contribution < 1.29 is 4.79 Å². The van der Waals surface area contributed by atoms with Gasteiger partial charge in [0.15, 0.2) is 5.16 Å². The summed E-state index contributed by atoms with van der Waals surface area (Å²) in [5.74, 6) is 1.07. The molecule has 0 unspecified atom stereocenters. The average molecular weight is 315 g/mol. The summed E-state index contributed by atoms with van der Waals surface area (Å²) < 4.78 is 1.80. The maximum absolute atomic E-state index is 12.5. The van der Waals surface area contributed by atoms with Crippen LogP contribution in [0.1, 0.15) is 30.4 Å². The Labute approximate surface area is 132 Å². The predicted octanol–water partition coefficient (Wildman–Crippen LogP) is 2.37. The number of aromatic nitrogens is 2. The van der Waals surface area contributed by atoms with Gasteiger partial charge in [0.2, 0.25) is 5.91 Å². The molecule has 22 heavy (non-hydrogen) atoms. The quantitative estimate of drug-likeness (QED) is 0.697. The molecule has 3 rings (SSSR count). The number of rotatable bonds is 3. The van der Waals surface area contributed by atoms with Crippen molar-refractivity contribution in [2.24, 2.45) is 7.05 Å². The van der Waals surface area contributed by atoms with E-state index >= 15 is 0 Å². The minimum absolute atomic E-state index is 0.0741. The topological polar surface area (TPSA) is 64.0 Å². The molecule has 0 aliphatic carbocycles. The van der Waals surface area contributed by atoms with E-state index in [-0.39, 0.29) is 23.8 Å². The van der Waals surface area contributed by atoms with Crippen molar-refractivity contribution >= 4 is 23.5 Å². The third kappa shape index (κ3) is 2.54. The van der Waals surface area contributed by atoms with Crippen molar-refractivity contribution in [1.29, 1.82) is 0 Å². The number of carbonyl (C=O) groups excluding carboxylic acids is 1. The summed E-state index contributed by atoms with van der Waals surface area (Å²) in [6, 6.07) is 9.65. The highest BCUT2D eigenvalue weighted by atomic mass is 32.2. The highest BCUT2D eigenvalue weighted by Gasteiger charge is 2.31. The molecule has 2 aromatic rings. The number of anilines is 1. The van der Waals surface area contributed by atoms with Crippen LogP contribution in [0.2, 0.25) is 0 Å². The lowest BCUT2D eigenvalue weighted by atomic mass is 9.87. The minimum Gasteiger partial charge on any atom is -0.312 e. The highest BCUT2D eigenvalue weighted by Crippen LogP contribution is 2.35. The Hall–Kier alpha value is -2.08. The number of nitrogens with one attached hydrogen (secondary N) is 1. The number of fused-ring (bicyclic) bond motifs is 1. The summed E-state index contributed by atoms with van der Waals surface area (Å²) in [4.78, 5) is 28.8. The Morgan fingerprint density at radius 3 is 2.73 bits per heavy atom. The molecule has 1 aromatic carbocycles. The van der Waals surface area contributed by atoms with E-state index in [0.29, 0.717) is 16.5 Å². The first kappa shape index (κ1) is 14.8. The number of nitrogens with zero attached hydrogens (tertiary/aromatic N) is 2. The molecular formula is C16H17N3O2S. The minimum atomic E-state index is -0.252. The first-order valence-corrected chi connectivity index (χ1v) is 8.19. The Balaban J connectivity index is 2.20. The van der Waals surface area contributed by atoms with Gasteiger partial charge in [-0.2, -0.15) is 4.98 Å². The Morgan fingerprint density at radius 1 is 1.32 bits per heavy atom. The van der Waals surface area contributed by atoms with Gasteiger partial charge in [-0.25, -0.2) is 0 Å². The lowest BCUT2D eigenvalue weighted by Gasteiger charge is -2.27. The van der Waals surface area contributed by atoms with Crippen LogP contribution in [-0.4, -0.2) is 21.2 Å². The number of amides is 1. The van der Waals surface area contributed by atoms with Gasteiger partial charge in [-0.1, -0.05) is 49.0 Å². The average Bonchev–Trinajstić information content (AvgIpc) is 2.52. The predicted molar refractivity (Wildman–Crippen MR) is 87.4 cm³/mol. The Bertz CT molecular complexity index is 771. The van der Waals surface area contributed by atoms with Gasteiger partial charge in [0.1, 0.15) is 5.82 Å². The Morgan fingerprint density at radius 2 is 2.05 bits per heavy atom. The third-order valence-electron chi connectivity index (χ3n) is 3.78. The van der Waals surface area contributed by atoms with Crippen LogP contribution in [0.15, 0.2) is 40.3 Å². The number of hydrogen-bond donors (Lipinski definition) is 1. The SMILES string of the molecule is CCSc1nc(=O)c2c(n1C)NC(=O)C[C@H]2c1ccccc1. The summed E-state index contributed by atoms with van der Waals surface area (Å²) in [5, 5.41) is 3.46. The number of carbonyl (C=O) groups is 1. The van der Waals surface area contributed by atoms with Crippen LogP contribution in [0.3, 0.4) is 0 Å². The van der Waals surface area contributed by atoms with E-state index in [1.165, 1.54) is 11.8 Å². The van der Waals surface area contributed by atoms with Gasteiger partial charge < -0.3 is 9.88 Å². The second-order valence-corrected chi connectivity index (χ2v) is 6.40. The number of benzene rings is 1. The van der Waals surface area contributed by atoms with E-state index in [9.17, 15) is 9.59 Å². The lowest BCUT2D eigenvalue weighted by Crippen LogP contribution is -2.33. The van der Waals surface area contributed by atoms with E-state index in [4.69, 9.17) is 0 Å². The number of hydrogen-bond acceptors (Lipinski definition) is 4. The van der Waals surface area contributed by atoms with Crippen molar-refractivity contribution in [3.8, 4) is 0 Å². The van der Waals surface area contributed by atoms with E-state index < -0.39 is 0 Å². The second kappa shape index (κ2) is 5.96. The highest BCUT2D eigenvalue weighted by molar-refractivity contribution is 7.99. The second-order valence-electron chi connectivity index (χ2n) is 5.17. The molecule has 1 aliphatic rings. The molecule has 1 aromatic heterocycles. The van der Waals surface area contributed by atoms with Crippen molar-refractivity contribution in [3.05, 3.63) is 51.8 Å². The molecule has 0 fully saturated rings. The van der Waals surface area contributed by atoms with Crippen LogP contribution in [0.4, 0.5) is 5.82 Å². The van der Waals surface area contributed by atoms with Crippen LogP contribution in [0, 0.1) is 0 Å². The van der Waals surface area contributed by atoms with Gasteiger partial charge in [0, 0.05) is 19.4 Å². The Kier molecular flexibility index (Phi) is 4.02. The van der Waals surface area contributed by atoms with Gasteiger partial charge in [-0.05, 0) is 11.3 Å². The van der Waals surface area contributed by atoms with E-state index in [1.54, 1.807) is 4.57 Å². The molecular weight excluding hydrogens is 298 g/mol. The summed E-state index contributed by atoms with van der Waals surface area (Å²) in [6.07, 6.45) is 0.272. The van der Waals surface area contributed by atoms with E-state index in [2.05, 4.69) is 10.3 Å². The molecule has 1 N–H and O–H groups in total. The fourth-order valence-corrected chi connectivity index (χ4v) is 3.45. The lowest BCUT2D eigenvalue weighted by molar-refractivity contribution is -0.116. The van der Waals surface area contributed by atoms with Crippen molar-refractivity contribution in [3.63, 3.8) is 0 Å². The van der Waals surface area contributed by atoms with Crippen LogP contribution >= 0.6 is 11.8 Å². The standard InChI is InChI=1S/C16H17N3O2S/c1-3-22-16-18-15(21)13-11(10-7-5-4-6-8-10)9-12(20)17-14(13)19(16)2/h4-8,11H,3,9H2,1-2H3,(H,17,20)/t11-/m0/s1. The summed E-state index contributed by atoms with van der Waals surface area (Å²) in [6.45, 7) is 2.00.